The molecule has 1 aliphatic heterocycles. The largest absolute Gasteiger partial charge is 0.299 e. The third-order valence-corrected chi connectivity index (χ3v) is 2.61. The fraction of sp³-hybridized carbons (Fsp3) is 0.600. The molecule has 0 saturated heterocycles. The van der Waals surface area contributed by atoms with E-state index in [0.29, 0.717) is 0 Å². The molecule has 1 heterocycles. The van der Waals surface area contributed by atoms with Crippen LogP contribution in [-0.4, -0.2) is 24.1 Å². The second-order valence-electron chi connectivity index (χ2n) is 3.76. The molecule has 0 unspecified atom stereocenters. The summed E-state index contributed by atoms with van der Waals surface area (Å²) in [6.07, 6.45) is 9.67. The minimum atomic E-state index is 1.23. The monoisotopic (exact) mass is 179 g/mol. The molecule has 0 aromatic rings. The van der Waals surface area contributed by atoms with E-state index < -0.39 is 0 Å². The Morgan fingerprint density at radius 3 is 2.69 bits per heavy atom. The van der Waals surface area contributed by atoms with Crippen molar-refractivity contribution in [1.29, 1.82) is 0 Å². The minimum Gasteiger partial charge on any atom is -0.299 e. The summed E-state index contributed by atoms with van der Waals surface area (Å²) in [4.78, 5) is 0. The Hall–Kier alpha value is -0.960. The highest BCUT2D eigenvalue weighted by atomic mass is 15.8. The van der Waals surface area contributed by atoms with Crippen molar-refractivity contribution >= 4 is 0 Å². The van der Waals surface area contributed by atoms with Gasteiger partial charge in [-0.3, -0.25) is 10.0 Å². The van der Waals surface area contributed by atoms with Gasteiger partial charge in [-0.05, 0) is 31.3 Å². The first kappa shape index (κ1) is 8.63. The fourth-order valence-corrected chi connectivity index (χ4v) is 1.96. The molecule has 0 aromatic heterocycles. The first-order chi connectivity index (χ1) is 6.27. The van der Waals surface area contributed by atoms with Gasteiger partial charge in [0.2, 0.25) is 0 Å². The predicted octanol–water partition coefficient (Wildman–Crippen LogP) is 1.62. The molecule has 72 valence electrons. The van der Waals surface area contributed by atoms with Crippen molar-refractivity contribution in [2.75, 3.05) is 14.1 Å². The number of hydrogen-bond donors (Lipinski definition) is 1. The third kappa shape index (κ3) is 1.70. The second kappa shape index (κ2) is 3.42. The second-order valence-corrected chi connectivity index (χ2v) is 3.76. The molecule has 1 N–H and O–H groups in total. The van der Waals surface area contributed by atoms with E-state index in [2.05, 4.69) is 29.9 Å². The molecule has 0 bridgehead atoms. The molecule has 1 aliphatic carbocycles. The van der Waals surface area contributed by atoms with Gasteiger partial charge in [0.1, 0.15) is 0 Å². The fourth-order valence-electron chi connectivity index (χ4n) is 1.96. The molecule has 2 aliphatic rings. The van der Waals surface area contributed by atoms with Crippen LogP contribution in [0.25, 0.3) is 0 Å². The summed E-state index contributed by atoms with van der Waals surface area (Å²) in [6, 6.07) is 0. The summed E-state index contributed by atoms with van der Waals surface area (Å²) in [5, 5.41) is 4.07. The number of nitrogens with zero attached hydrogens (tertiary/aromatic N) is 2. The van der Waals surface area contributed by atoms with Gasteiger partial charge >= 0.3 is 0 Å². The molecular weight excluding hydrogens is 162 g/mol. The van der Waals surface area contributed by atoms with Crippen molar-refractivity contribution in [3.63, 3.8) is 0 Å². The highest BCUT2D eigenvalue weighted by Crippen LogP contribution is 2.26. The van der Waals surface area contributed by atoms with E-state index in [0.717, 1.165) is 0 Å². The average Bonchev–Trinajstić information content (AvgIpc) is 2.47. The Balaban J connectivity index is 2.15. The maximum absolute atomic E-state index is 3.20. The molecule has 0 spiro atoms. The highest BCUT2D eigenvalue weighted by molar-refractivity contribution is 5.31. The number of hydrogen-bond acceptors (Lipinski definition) is 3. The van der Waals surface area contributed by atoms with Gasteiger partial charge in [0.25, 0.3) is 0 Å². The summed E-state index contributed by atoms with van der Waals surface area (Å²) in [5.41, 5.74) is 6.01. The Morgan fingerprint density at radius 2 is 2.15 bits per heavy atom. The van der Waals surface area contributed by atoms with E-state index >= 15 is 0 Å². The van der Waals surface area contributed by atoms with E-state index in [9.17, 15) is 0 Å². The van der Waals surface area contributed by atoms with Crippen LogP contribution >= 0.6 is 0 Å². The summed E-state index contributed by atoms with van der Waals surface area (Å²) in [6.45, 7) is 0. The summed E-state index contributed by atoms with van der Waals surface area (Å²) >= 11 is 0. The SMILES string of the molecule is CN1C=C(C2=CCCCC2)N(C)N1. The van der Waals surface area contributed by atoms with Crippen LogP contribution in [0.3, 0.4) is 0 Å². The normalized spacial score (nSPS) is 23.2. The van der Waals surface area contributed by atoms with Crippen LogP contribution in [-0.2, 0) is 0 Å². The number of likely N-dealkylation sites (N-methyl/N-ethyl adjacent to an activating group) is 1. The number of hydrazine groups is 2. The van der Waals surface area contributed by atoms with E-state index in [1.54, 1.807) is 0 Å². The quantitative estimate of drug-likeness (QED) is 0.660. The van der Waals surface area contributed by atoms with E-state index in [1.165, 1.54) is 37.0 Å². The molecular formula is C10H17N3. The first-order valence-electron chi connectivity index (χ1n) is 4.91. The van der Waals surface area contributed by atoms with Gasteiger partial charge in [-0.25, -0.2) is 0 Å². The molecule has 13 heavy (non-hydrogen) atoms. The molecule has 0 atom stereocenters. The smallest absolute Gasteiger partial charge is 0.0737 e. The standard InChI is InChI=1S/C10H17N3/c1-12-8-10(13(2)11-12)9-6-4-3-5-7-9/h6,8,11H,3-5,7H2,1-2H3. The molecule has 3 heteroatoms. The van der Waals surface area contributed by atoms with E-state index in [-0.39, 0.29) is 0 Å². The van der Waals surface area contributed by atoms with Crippen LogP contribution in [0.4, 0.5) is 0 Å². The van der Waals surface area contributed by atoms with Gasteiger partial charge in [-0.1, -0.05) is 6.08 Å². The Bertz CT molecular complexity index is 255. The summed E-state index contributed by atoms with van der Waals surface area (Å²) < 4.78 is 0. The van der Waals surface area contributed by atoms with Crippen molar-refractivity contribution in [1.82, 2.24) is 15.6 Å². The van der Waals surface area contributed by atoms with E-state index in [4.69, 9.17) is 0 Å². The topological polar surface area (TPSA) is 18.5 Å². The highest BCUT2D eigenvalue weighted by Gasteiger charge is 2.18. The maximum atomic E-state index is 3.20. The lowest BCUT2D eigenvalue weighted by Crippen LogP contribution is -2.35. The lowest BCUT2D eigenvalue weighted by molar-refractivity contribution is 0.184. The Morgan fingerprint density at radius 1 is 1.31 bits per heavy atom. The average molecular weight is 179 g/mol. The van der Waals surface area contributed by atoms with Crippen LogP contribution in [0.1, 0.15) is 25.7 Å². The van der Waals surface area contributed by atoms with Gasteiger partial charge in [0, 0.05) is 20.3 Å². The minimum absolute atomic E-state index is 1.23. The summed E-state index contributed by atoms with van der Waals surface area (Å²) in [7, 11) is 4.08. The van der Waals surface area contributed by atoms with Crippen LogP contribution in [0.5, 0.6) is 0 Å². The first-order valence-corrected chi connectivity index (χ1v) is 4.91. The van der Waals surface area contributed by atoms with Crippen molar-refractivity contribution in [3.8, 4) is 0 Å². The Kier molecular flexibility index (Phi) is 2.27. The zero-order valence-corrected chi connectivity index (χ0v) is 8.38. The van der Waals surface area contributed by atoms with Gasteiger partial charge in [-0.15, -0.1) is 5.53 Å². The predicted molar refractivity (Wildman–Crippen MR) is 53.3 cm³/mol. The van der Waals surface area contributed by atoms with Crippen molar-refractivity contribution in [2.24, 2.45) is 0 Å². The van der Waals surface area contributed by atoms with Crippen molar-refractivity contribution in [2.45, 2.75) is 25.7 Å². The van der Waals surface area contributed by atoms with Crippen molar-refractivity contribution in [3.05, 3.63) is 23.5 Å². The third-order valence-electron chi connectivity index (χ3n) is 2.61. The molecule has 2 rings (SSSR count). The lowest BCUT2D eigenvalue weighted by atomic mass is 9.97. The van der Waals surface area contributed by atoms with Gasteiger partial charge in [0.15, 0.2) is 0 Å². The zero-order chi connectivity index (χ0) is 9.26. The lowest BCUT2D eigenvalue weighted by Gasteiger charge is -2.21. The van der Waals surface area contributed by atoms with E-state index in [1.807, 2.05) is 12.1 Å². The van der Waals surface area contributed by atoms with Crippen LogP contribution in [0.15, 0.2) is 23.5 Å². The maximum Gasteiger partial charge on any atom is 0.0737 e. The molecule has 0 amide bonds. The number of nitrogens with one attached hydrogen (secondary N) is 1. The zero-order valence-electron chi connectivity index (χ0n) is 8.38. The van der Waals surface area contributed by atoms with Crippen LogP contribution in [0.2, 0.25) is 0 Å². The number of rotatable bonds is 1. The molecule has 0 radical (unpaired) electrons. The Labute approximate surface area is 79.6 Å². The van der Waals surface area contributed by atoms with Crippen molar-refractivity contribution < 1.29 is 0 Å². The van der Waals surface area contributed by atoms with Crippen LogP contribution in [0, 0.1) is 0 Å². The molecule has 0 fully saturated rings. The molecule has 0 aromatic carbocycles. The molecule has 3 nitrogen and oxygen atoms in total. The van der Waals surface area contributed by atoms with Gasteiger partial charge in [0.05, 0.1) is 5.70 Å². The summed E-state index contributed by atoms with van der Waals surface area (Å²) in [5.74, 6) is 0. The van der Waals surface area contributed by atoms with Gasteiger partial charge in [-0.2, -0.15) is 0 Å². The number of allylic oxidation sites excluding steroid dienone is 2. The van der Waals surface area contributed by atoms with Gasteiger partial charge < -0.3 is 0 Å². The van der Waals surface area contributed by atoms with Crippen LogP contribution < -0.4 is 5.53 Å². The molecule has 0 saturated carbocycles.